The van der Waals surface area contributed by atoms with Gasteiger partial charge in [-0.3, -0.25) is 4.79 Å². The van der Waals surface area contributed by atoms with E-state index in [4.69, 9.17) is 11.6 Å². The third-order valence-corrected chi connectivity index (χ3v) is 7.41. The molecule has 162 valence electrons. The van der Waals surface area contributed by atoms with Gasteiger partial charge in [-0.25, -0.2) is 21.9 Å². The number of nitrogens with one attached hydrogen (secondary N) is 2. The highest BCUT2D eigenvalue weighted by Gasteiger charge is 2.31. The van der Waals surface area contributed by atoms with Gasteiger partial charge >= 0.3 is 0 Å². The largest absolute Gasteiger partial charge is 0.319 e. The summed E-state index contributed by atoms with van der Waals surface area (Å²) < 4.78 is 56.6. The molecule has 2 aromatic carbocycles. The van der Waals surface area contributed by atoms with Crippen molar-refractivity contribution in [3.63, 3.8) is 0 Å². The van der Waals surface area contributed by atoms with Crippen LogP contribution in [0.25, 0.3) is 0 Å². The van der Waals surface area contributed by atoms with Crippen molar-refractivity contribution in [3.05, 3.63) is 58.6 Å². The first kappa shape index (κ1) is 22.7. The van der Waals surface area contributed by atoms with Crippen LogP contribution < -0.4 is 10.0 Å². The van der Waals surface area contributed by atoms with Crippen LogP contribution in [0.4, 0.5) is 14.5 Å². The molecule has 0 heterocycles. The van der Waals surface area contributed by atoms with Gasteiger partial charge in [-0.2, -0.15) is 0 Å². The van der Waals surface area contributed by atoms with Crippen molar-refractivity contribution in [3.8, 4) is 0 Å². The third kappa shape index (κ3) is 4.99. The monoisotopic (exact) mass is 456 g/mol. The van der Waals surface area contributed by atoms with Crippen LogP contribution in [0.15, 0.2) is 41.3 Å². The second-order valence-corrected chi connectivity index (χ2v) is 9.87. The van der Waals surface area contributed by atoms with Crippen LogP contribution in [-0.2, 0) is 10.0 Å². The van der Waals surface area contributed by atoms with Gasteiger partial charge in [0, 0.05) is 11.1 Å². The number of sulfonamides is 1. The summed E-state index contributed by atoms with van der Waals surface area (Å²) in [6.45, 7) is 4.09. The molecule has 0 saturated heterocycles. The van der Waals surface area contributed by atoms with Gasteiger partial charge in [0.05, 0.1) is 16.1 Å². The van der Waals surface area contributed by atoms with Crippen molar-refractivity contribution in [2.75, 3.05) is 5.32 Å². The van der Waals surface area contributed by atoms with Gasteiger partial charge in [0.25, 0.3) is 5.91 Å². The molecule has 2 N–H and O–H groups in total. The number of benzene rings is 2. The molecule has 3 unspecified atom stereocenters. The van der Waals surface area contributed by atoms with Gasteiger partial charge in [-0.1, -0.05) is 38.3 Å². The highest BCUT2D eigenvalue weighted by Crippen LogP contribution is 2.30. The minimum Gasteiger partial charge on any atom is -0.319 e. The van der Waals surface area contributed by atoms with Crippen LogP contribution in [0.3, 0.4) is 0 Å². The van der Waals surface area contributed by atoms with Gasteiger partial charge in [0.15, 0.2) is 0 Å². The Labute approximate surface area is 179 Å². The summed E-state index contributed by atoms with van der Waals surface area (Å²) in [5, 5.41) is 2.38. The molecule has 5 nitrogen and oxygen atoms in total. The molecule has 3 rings (SSSR count). The number of anilines is 1. The maximum atomic E-state index is 14.3. The predicted molar refractivity (Wildman–Crippen MR) is 112 cm³/mol. The van der Waals surface area contributed by atoms with Crippen LogP contribution in [0.2, 0.25) is 5.02 Å². The first-order valence-electron chi connectivity index (χ1n) is 9.67. The summed E-state index contributed by atoms with van der Waals surface area (Å²) in [4.78, 5) is 12.2. The topological polar surface area (TPSA) is 75.3 Å². The zero-order valence-corrected chi connectivity index (χ0v) is 18.2. The lowest BCUT2D eigenvalue weighted by Crippen LogP contribution is -2.43. The summed E-state index contributed by atoms with van der Waals surface area (Å²) in [6.07, 6.45) is 2.68. The van der Waals surface area contributed by atoms with E-state index in [1.54, 1.807) is 0 Å². The van der Waals surface area contributed by atoms with Crippen molar-refractivity contribution in [2.45, 2.75) is 44.0 Å². The van der Waals surface area contributed by atoms with E-state index >= 15 is 0 Å². The van der Waals surface area contributed by atoms with Crippen LogP contribution in [0, 0.1) is 23.5 Å². The minimum absolute atomic E-state index is 0.141. The van der Waals surface area contributed by atoms with E-state index in [-0.39, 0.29) is 27.6 Å². The third-order valence-electron chi connectivity index (χ3n) is 5.69. The minimum atomic E-state index is -3.96. The van der Waals surface area contributed by atoms with Gasteiger partial charge < -0.3 is 5.32 Å². The zero-order chi connectivity index (χ0) is 22.1. The number of carbonyl (C=O) groups is 1. The van der Waals surface area contributed by atoms with E-state index in [0.717, 1.165) is 43.5 Å². The molecule has 1 saturated carbocycles. The van der Waals surface area contributed by atoms with Gasteiger partial charge in [0.1, 0.15) is 11.6 Å². The van der Waals surface area contributed by atoms with E-state index in [2.05, 4.69) is 17.0 Å². The Bertz CT molecular complexity index is 1060. The van der Waals surface area contributed by atoms with Crippen LogP contribution >= 0.6 is 11.6 Å². The summed E-state index contributed by atoms with van der Waals surface area (Å²) in [5.41, 5.74) is -0.697. The first-order valence-corrected chi connectivity index (χ1v) is 11.5. The maximum Gasteiger partial charge on any atom is 0.258 e. The fourth-order valence-electron chi connectivity index (χ4n) is 3.64. The smallest absolute Gasteiger partial charge is 0.258 e. The molecule has 3 atom stereocenters. The average molecular weight is 457 g/mol. The molecule has 0 aliphatic heterocycles. The number of carbonyl (C=O) groups excluding carboxylic acids is 1. The van der Waals surface area contributed by atoms with Gasteiger partial charge in [-0.05, 0) is 54.7 Å². The Morgan fingerprint density at radius 3 is 2.50 bits per heavy atom. The van der Waals surface area contributed by atoms with E-state index in [1.165, 1.54) is 12.1 Å². The Morgan fingerprint density at radius 1 is 1.07 bits per heavy atom. The van der Waals surface area contributed by atoms with Crippen molar-refractivity contribution in [1.29, 1.82) is 0 Å². The number of amides is 1. The highest BCUT2D eigenvalue weighted by atomic mass is 35.5. The highest BCUT2D eigenvalue weighted by molar-refractivity contribution is 7.89. The lowest BCUT2D eigenvalue weighted by molar-refractivity contribution is 0.102. The average Bonchev–Trinajstić information content (AvgIpc) is 2.67. The molecule has 2 aromatic rings. The number of rotatable bonds is 5. The normalized spacial score (nSPS) is 22.0. The van der Waals surface area contributed by atoms with E-state index in [0.29, 0.717) is 5.92 Å². The van der Waals surface area contributed by atoms with Crippen LogP contribution in [0.1, 0.15) is 43.5 Å². The molecule has 1 aliphatic carbocycles. The second-order valence-electron chi connectivity index (χ2n) is 7.72. The number of hydrogen-bond donors (Lipinski definition) is 2. The van der Waals surface area contributed by atoms with Gasteiger partial charge in [0.2, 0.25) is 10.0 Å². The van der Waals surface area contributed by atoms with Gasteiger partial charge in [-0.15, -0.1) is 0 Å². The van der Waals surface area contributed by atoms with Crippen LogP contribution in [0.5, 0.6) is 0 Å². The molecule has 30 heavy (non-hydrogen) atoms. The Morgan fingerprint density at radius 2 is 1.80 bits per heavy atom. The molecule has 1 fully saturated rings. The lowest BCUT2D eigenvalue weighted by atomic mass is 9.78. The Hall–Kier alpha value is -2.03. The SMILES string of the molecule is CC1CCCC(NS(=O)(=O)c2ccc(F)c(C(=O)Nc3ccc(Cl)cc3F)c2)C1C. The Balaban J connectivity index is 1.84. The summed E-state index contributed by atoms with van der Waals surface area (Å²) in [7, 11) is -3.96. The van der Waals surface area contributed by atoms with E-state index < -0.39 is 33.1 Å². The molecular weight excluding hydrogens is 434 g/mol. The molecule has 0 aromatic heterocycles. The molecule has 1 amide bonds. The van der Waals surface area contributed by atoms with Crippen LogP contribution in [-0.4, -0.2) is 20.4 Å². The van der Waals surface area contributed by atoms with Crippen molar-refractivity contribution >= 4 is 33.2 Å². The van der Waals surface area contributed by atoms with E-state index in [9.17, 15) is 22.0 Å². The van der Waals surface area contributed by atoms with Crippen molar-refractivity contribution in [2.24, 2.45) is 11.8 Å². The number of halogens is 3. The zero-order valence-electron chi connectivity index (χ0n) is 16.6. The van der Waals surface area contributed by atoms with E-state index in [1.807, 2.05) is 6.92 Å². The summed E-state index contributed by atoms with van der Waals surface area (Å²) >= 11 is 5.68. The quantitative estimate of drug-likeness (QED) is 0.666. The second kappa shape index (κ2) is 8.99. The molecule has 9 heteroatoms. The predicted octanol–water partition coefficient (Wildman–Crippen LogP) is 4.97. The molecule has 0 bridgehead atoms. The maximum absolute atomic E-state index is 14.3. The number of hydrogen-bond acceptors (Lipinski definition) is 3. The van der Waals surface area contributed by atoms with Crippen molar-refractivity contribution in [1.82, 2.24) is 4.72 Å². The fourth-order valence-corrected chi connectivity index (χ4v) is 5.19. The standard InChI is InChI=1S/C21H23ClF2N2O3S/c1-12-4-3-5-19(13(12)2)26-30(28,29)15-7-8-17(23)16(11-15)21(27)25-20-9-6-14(22)10-18(20)24/h6-13,19,26H,3-5H2,1-2H3,(H,25,27). The summed E-state index contributed by atoms with van der Waals surface area (Å²) in [5.74, 6) is -2.13. The molecule has 1 aliphatic rings. The fraction of sp³-hybridized carbons (Fsp3) is 0.381. The first-order chi connectivity index (χ1) is 14.1. The Kier molecular flexibility index (Phi) is 6.79. The lowest BCUT2D eigenvalue weighted by Gasteiger charge is -2.34. The van der Waals surface area contributed by atoms with Crippen molar-refractivity contribution < 1.29 is 22.0 Å². The summed E-state index contributed by atoms with van der Waals surface area (Å²) in [6, 6.07) is 6.35. The molecular formula is C21H23ClF2N2O3S. The molecule has 0 radical (unpaired) electrons. The molecule has 0 spiro atoms.